The fourth-order valence-corrected chi connectivity index (χ4v) is 3.94. The molecule has 0 saturated carbocycles. The maximum atomic E-state index is 13.4. The van der Waals surface area contributed by atoms with E-state index in [0.29, 0.717) is 35.0 Å². The van der Waals surface area contributed by atoms with Crippen LogP contribution in [0.3, 0.4) is 0 Å². The molecule has 0 aliphatic carbocycles. The zero-order valence-corrected chi connectivity index (χ0v) is 16.7. The zero-order chi connectivity index (χ0) is 21.4. The molecule has 1 aliphatic rings. The smallest absolute Gasteiger partial charge is 0.338 e. The van der Waals surface area contributed by atoms with E-state index in [1.165, 1.54) is 0 Å². The number of amides is 1. The molecule has 5 rings (SSSR count). The molecule has 1 amide bonds. The molecule has 1 atom stereocenters. The van der Waals surface area contributed by atoms with Crippen LogP contribution in [0.2, 0.25) is 0 Å². The Morgan fingerprint density at radius 3 is 2.55 bits per heavy atom. The Morgan fingerprint density at radius 1 is 1.10 bits per heavy atom. The fourth-order valence-electron chi connectivity index (χ4n) is 3.94. The maximum absolute atomic E-state index is 13.4. The van der Waals surface area contributed by atoms with Crippen molar-refractivity contribution in [2.75, 3.05) is 11.5 Å². The third-order valence-electron chi connectivity index (χ3n) is 5.30. The lowest BCUT2D eigenvalue weighted by atomic mass is 9.97. The second kappa shape index (κ2) is 7.60. The number of rotatable bonds is 5. The first-order valence-corrected chi connectivity index (χ1v) is 9.97. The van der Waals surface area contributed by atoms with Gasteiger partial charge in [0.15, 0.2) is 11.5 Å². The molecule has 4 aromatic rings. The Labute approximate surface area is 178 Å². The lowest BCUT2D eigenvalue weighted by Gasteiger charge is -2.26. The molecule has 0 saturated heterocycles. The van der Waals surface area contributed by atoms with Crippen molar-refractivity contribution in [2.45, 2.75) is 13.0 Å². The number of carbonyl (C=O) groups is 2. The molecule has 1 aliphatic heterocycles. The molecule has 154 valence electrons. The third-order valence-corrected chi connectivity index (χ3v) is 5.30. The van der Waals surface area contributed by atoms with Gasteiger partial charge >= 0.3 is 5.97 Å². The molecule has 0 fully saturated rings. The van der Waals surface area contributed by atoms with E-state index >= 15 is 0 Å². The number of benzene rings is 2. The Balaban J connectivity index is 1.62. The van der Waals surface area contributed by atoms with Gasteiger partial charge in [0.2, 0.25) is 0 Å². The van der Waals surface area contributed by atoms with Gasteiger partial charge in [0.1, 0.15) is 5.69 Å². The molecule has 7 heteroatoms. The standard InChI is InChI=1S/C24H19N3O4/c1-2-30-24(29)16-10-12-17(13-11-16)27-22(15-7-4-3-5-8-15)19-20(18-9-6-14-31-18)25-26-21(19)23(27)28/h3-14,22H,2H2,1H3,(H,25,26)/t22-/m1/s1. The van der Waals surface area contributed by atoms with Gasteiger partial charge in [0, 0.05) is 11.3 Å². The van der Waals surface area contributed by atoms with Crippen LogP contribution in [0.5, 0.6) is 0 Å². The highest BCUT2D eigenvalue weighted by molar-refractivity contribution is 6.11. The van der Waals surface area contributed by atoms with E-state index in [0.717, 1.165) is 11.1 Å². The number of hydrogen-bond acceptors (Lipinski definition) is 5. The first kappa shape index (κ1) is 18.9. The number of esters is 1. The molecule has 7 nitrogen and oxygen atoms in total. The van der Waals surface area contributed by atoms with E-state index < -0.39 is 12.0 Å². The molecule has 3 heterocycles. The van der Waals surface area contributed by atoms with Gasteiger partial charge in [-0.1, -0.05) is 30.3 Å². The summed E-state index contributed by atoms with van der Waals surface area (Å²) in [6, 6.07) is 19.8. The van der Waals surface area contributed by atoms with Gasteiger partial charge in [-0.3, -0.25) is 14.8 Å². The van der Waals surface area contributed by atoms with Gasteiger partial charge in [-0.2, -0.15) is 5.10 Å². The highest BCUT2D eigenvalue weighted by atomic mass is 16.5. The predicted molar refractivity (Wildman–Crippen MR) is 114 cm³/mol. The van der Waals surface area contributed by atoms with Crippen molar-refractivity contribution in [2.24, 2.45) is 0 Å². The predicted octanol–water partition coefficient (Wildman–Crippen LogP) is 4.60. The van der Waals surface area contributed by atoms with E-state index in [-0.39, 0.29) is 5.91 Å². The van der Waals surface area contributed by atoms with Gasteiger partial charge < -0.3 is 9.15 Å². The van der Waals surface area contributed by atoms with Gasteiger partial charge in [0.05, 0.1) is 24.5 Å². The molecule has 2 aromatic heterocycles. The van der Waals surface area contributed by atoms with Crippen LogP contribution in [-0.2, 0) is 4.74 Å². The number of nitrogens with one attached hydrogen (secondary N) is 1. The molecule has 1 N–H and O–H groups in total. The van der Waals surface area contributed by atoms with Crippen LogP contribution in [0, 0.1) is 0 Å². The Hall–Kier alpha value is -4.13. The zero-order valence-electron chi connectivity index (χ0n) is 16.7. The molecule has 31 heavy (non-hydrogen) atoms. The Bertz CT molecular complexity index is 1230. The number of carbonyl (C=O) groups excluding carboxylic acids is 2. The van der Waals surface area contributed by atoms with Crippen LogP contribution in [-0.4, -0.2) is 28.7 Å². The molecule has 0 unspecified atom stereocenters. The van der Waals surface area contributed by atoms with E-state index in [1.54, 1.807) is 48.4 Å². The summed E-state index contributed by atoms with van der Waals surface area (Å²) in [7, 11) is 0. The van der Waals surface area contributed by atoms with Crippen LogP contribution < -0.4 is 4.90 Å². The largest absolute Gasteiger partial charge is 0.463 e. The number of fused-ring (bicyclic) bond motifs is 1. The van der Waals surface area contributed by atoms with Crippen molar-refractivity contribution in [1.82, 2.24) is 10.2 Å². The van der Waals surface area contributed by atoms with Gasteiger partial charge in [-0.25, -0.2) is 4.79 Å². The van der Waals surface area contributed by atoms with Crippen molar-refractivity contribution in [3.63, 3.8) is 0 Å². The molecular weight excluding hydrogens is 394 g/mol. The van der Waals surface area contributed by atoms with Crippen molar-refractivity contribution >= 4 is 17.6 Å². The molecular formula is C24H19N3O4. The summed E-state index contributed by atoms with van der Waals surface area (Å²) in [5, 5.41) is 7.27. The number of H-pyrrole nitrogens is 1. The quantitative estimate of drug-likeness (QED) is 0.483. The molecule has 2 aromatic carbocycles. The van der Waals surface area contributed by atoms with Crippen molar-refractivity contribution in [3.05, 3.63) is 95.4 Å². The van der Waals surface area contributed by atoms with E-state index in [2.05, 4.69) is 10.2 Å². The lowest BCUT2D eigenvalue weighted by molar-refractivity contribution is 0.0526. The summed E-state index contributed by atoms with van der Waals surface area (Å²) in [5.74, 6) is -0.00143. The Morgan fingerprint density at radius 2 is 1.87 bits per heavy atom. The molecule has 0 radical (unpaired) electrons. The first-order chi connectivity index (χ1) is 15.2. The monoisotopic (exact) mass is 413 g/mol. The summed E-state index contributed by atoms with van der Waals surface area (Å²) < 4.78 is 10.6. The first-order valence-electron chi connectivity index (χ1n) is 9.97. The summed E-state index contributed by atoms with van der Waals surface area (Å²) in [6.07, 6.45) is 1.59. The summed E-state index contributed by atoms with van der Waals surface area (Å²) in [6.45, 7) is 2.06. The average Bonchev–Trinajstić information content (AvgIpc) is 3.52. The summed E-state index contributed by atoms with van der Waals surface area (Å²) >= 11 is 0. The van der Waals surface area contributed by atoms with Crippen molar-refractivity contribution < 1.29 is 18.7 Å². The highest BCUT2D eigenvalue weighted by Gasteiger charge is 2.43. The minimum absolute atomic E-state index is 0.221. The maximum Gasteiger partial charge on any atom is 0.338 e. The Kier molecular flexibility index (Phi) is 4.63. The topological polar surface area (TPSA) is 88.4 Å². The third kappa shape index (κ3) is 3.11. The van der Waals surface area contributed by atoms with Gasteiger partial charge in [-0.05, 0) is 48.9 Å². The average molecular weight is 413 g/mol. The minimum atomic E-state index is -0.394. The van der Waals surface area contributed by atoms with Crippen molar-refractivity contribution in [3.8, 4) is 11.5 Å². The van der Waals surface area contributed by atoms with Crippen LogP contribution >= 0.6 is 0 Å². The summed E-state index contributed by atoms with van der Waals surface area (Å²) in [4.78, 5) is 27.1. The number of nitrogens with zero attached hydrogens (tertiary/aromatic N) is 2. The molecule has 0 bridgehead atoms. The van der Waals surface area contributed by atoms with Crippen LogP contribution in [0.4, 0.5) is 5.69 Å². The van der Waals surface area contributed by atoms with Gasteiger partial charge in [0.25, 0.3) is 5.91 Å². The highest BCUT2D eigenvalue weighted by Crippen LogP contribution is 2.44. The van der Waals surface area contributed by atoms with E-state index in [1.807, 2.05) is 36.4 Å². The number of aromatic nitrogens is 2. The number of aromatic amines is 1. The minimum Gasteiger partial charge on any atom is -0.463 e. The number of furan rings is 1. The second-order valence-corrected chi connectivity index (χ2v) is 7.09. The fraction of sp³-hybridized carbons (Fsp3) is 0.125. The van der Waals surface area contributed by atoms with E-state index in [4.69, 9.17) is 9.15 Å². The number of anilines is 1. The van der Waals surface area contributed by atoms with Crippen LogP contribution in [0.1, 0.15) is 44.9 Å². The lowest BCUT2D eigenvalue weighted by Crippen LogP contribution is -2.29. The van der Waals surface area contributed by atoms with Crippen LogP contribution in [0.25, 0.3) is 11.5 Å². The molecule has 0 spiro atoms. The number of ether oxygens (including phenoxy) is 1. The SMILES string of the molecule is CCOC(=O)c1ccc(N2C(=O)c3n[nH]c(-c4ccco4)c3[C@H]2c2ccccc2)cc1. The van der Waals surface area contributed by atoms with Crippen molar-refractivity contribution in [1.29, 1.82) is 0 Å². The second-order valence-electron chi connectivity index (χ2n) is 7.09. The van der Waals surface area contributed by atoms with Gasteiger partial charge in [-0.15, -0.1) is 0 Å². The summed E-state index contributed by atoms with van der Waals surface area (Å²) in [5.41, 5.74) is 3.83. The van der Waals surface area contributed by atoms with Crippen LogP contribution in [0.15, 0.2) is 77.4 Å². The number of hydrogen-bond donors (Lipinski definition) is 1. The van der Waals surface area contributed by atoms with E-state index in [9.17, 15) is 9.59 Å². The normalized spacial score (nSPS) is 15.2.